The van der Waals surface area contributed by atoms with Gasteiger partial charge in [0.1, 0.15) is 5.82 Å². The van der Waals surface area contributed by atoms with Gasteiger partial charge in [-0.3, -0.25) is 0 Å². The molecule has 0 spiro atoms. The van der Waals surface area contributed by atoms with Crippen molar-refractivity contribution in [1.82, 2.24) is 5.32 Å². The molecule has 0 atom stereocenters. The van der Waals surface area contributed by atoms with Crippen LogP contribution in [0.25, 0.3) is 0 Å². The van der Waals surface area contributed by atoms with Crippen molar-refractivity contribution in [2.45, 2.75) is 18.9 Å². The van der Waals surface area contributed by atoms with Gasteiger partial charge in [-0.05, 0) is 31.0 Å². The van der Waals surface area contributed by atoms with Gasteiger partial charge < -0.3 is 15.4 Å². The van der Waals surface area contributed by atoms with Crippen LogP contribution in [0.1, 0.15) is 12.8 Å². The Bertz CT molecular complexity index is 436. The van der Waals surface area contributed by atoms with Crippen LogP contribution in [0.4, 0.5) is 14.9 Å². The molecule has 1 fully saturated rings. The van der Waals surface area contributed by atoms with Gasteiger partial charge in [-0.1, -0.05) is 11.6 Å². The van der Waals surface area contributed by atoms with Crippen molar-refractivity contribution < 1.29 is 13.9 Å². The largest absolute Gasteiger partial charge is 0.381 e. The lowest BCUT2D eigenvalue weighted by Crippen LogP contribution is -2.41. The standard InChI is InChI=1S/C12H14ClFN2O2/c13-8-1-2-11(10(14)7-8)16-12(17)15-9-3-5-18-6-4-9/h1-2,7,9H,3-6H2,(H2,15,16,17). The fraction of sp³-hybridized carbons (Fsp3) is 0.417. The van der Waals surface area contributed by atoms with E-state index in [0.717, 1.165) is 18.9 Å². The van der Waals surface area contributed by atoms with Crippen LogP contribution >= 0.6 is 11.6 Å². The Morgan fingerprint density at radius 2 is 2.11 bits per heavy atom. The van der Waals surface area contributed by atoms with Crippen molar-refractivity contribution >= 4 is 23.3 Å². The van der Waals surface area contributed by atoms with Gasteiger partial charge in [-0.15, -0.1) is 0 Å². The van der Waals surface area contributed by atoms with Gasteiger partial charge in [0.05, 0.1) is 5.69 Å². The summed E-state index contributed by atoms with van der Waals surface area (Å²) in [5.41, 5.74) is 0.115. The number of hydrogen-bond donors (Lipinski definition) is 2. The Hall–Kier alpha value is -1.33. The van der Waals surface area contributed by atoms with Crippen molar-refractivity contribution in [3.63, 3.8) is 0 Å². The summed E-state index contributed by atoms with van der Waals surface area (Å²) in [6.45, 7) is 1.28. The summed E-state index contributed by atoms with van der Waals surface area (Å²) >= 11 is 5.63. The molecular formula is C12H14ClFN2O2. The Balaban J connectivity index is 1.90. The van der Waals surface area contributed by atoms with Crippen molar-refractivity contribution in [3.05, 3.63) is 29.0 Å². The second kappa shape index (κ2) is 6.02. The summed E-state index contributed by atoms with van der Waals surface area (Å²) < 4.78 is 18.6. The Kier molecular flexibility index (Phi) is 4.38. The second-order valence-electron chi connectivity index (χ2n) is 4.11. The van der Waals surface area contributed by atoms with Gasteiger partial charge >= 0.3 is 6.03 Å². The molecule has 0 aliphatic carbocycles. The lowest BCUT2D eigenvalue weighted by Gasteiger charge is -2.23. The molecule has 98 valence electrons. The van der Waals surface area contributed by atoms with Gasteiger partial charge in [0.25, 0.3) is 0 Å². The third kappa shape index (κ3) is 3.58. The zero-order chi connectivity index (χ0) is 13.0. The molecule has 1 aromatic carbocycles. The van der Waals surface area contributed by atoms with Crippen molar-refractivity contribution in [1.29, 1.82) is 0 Å². The molecule has 18 heavy (non-hydrogen) atoms. The first-order valence-corrected chi connectivity index (χ1v) is 6.13. The smallest absolute Gasteiger partial charge is 0.319 e. The first kappa shape index (κ1) is 13.1. The molecule has 0 radical (unpaired) electrons. The maximum absolute atomic E-state index is 13.4. The van der Waals surface area contributed by atoms with Crippen LogP contribution in [0.2, 0.25) is 5.02 Å². The van der Waals surface area contributed by atoms with E-state index < -0.39 is 11.8 Å². The number of carbonyl (C=O) groups excluding carboxylic acids is 1. The average molecular weight is 273 g/mol. The number of ether oxygens (including phenoxy) is 1. The quantitative estimate of drug-likeness (QED) is 0.870. The van der Waals surface area contributed by atoms with E-state index >= 15 is 0 Å². The SMILES string of the molecule is O=C(Nc1ccc(Cl)cc1F)NC1CCOCC1. The predicted molar refractivity (Wildman–Crippen MR) is 67.4 cm³/mol. The molecule has 1 saturated heterocycles. The van der Waals surface area contributed by atoms with Crippen LogP contribution in [-0.2, 0) is 4.74 Å². The van der Waals surface area contributed by atoms with E-state index in [4.69, 9.17) is 16.3 Å². The van der Waals surface area contributed by atoms with E-state index in [9.17, 15) is 9.18 Å². The van der Waals surface area contributed by atoms with Gasteiger partial charge in [-0.25, -0.2) is 9.18 Å². The Morgan fingerprint density at radius 1 is 1.39 bits per heavy atom. The first-order chi connectivity index (χ1) is 8.65. The Morgan fingerprint density at radius 3 is 2.78 bits per heavy atom. The number of halogens is 2. The molecule has 1 aliphatic heterocycles. The molecule has 0 bridgehead atoms. The van der Waals surface area contributed by atoms with Crippen LogP contribution in [0.3, 0.4) is 0 Å². The normalized spacial score (nSPS) is 16.3. The molecule has 0 aromatic heterocycles. The van der Waals surface area contributed by atoms with Crippen LogP contribution < -0.4 is 10.6 Å². The topological polar surface area (TPSA) is 50.4 Å². The zero-order valence-corrected chi connectivity index (χ0v) is 10.5. The summed E-state index contributed by atoms with van der Waals surface area (Å²) in [5, 5.41) is 5.53. The third-order valence-corrected chi connectivity index (χ3v) is 2.97. The molecule has 6 heteroatoms. The number of carbonyl (C=O) groups is 1. The fourth-order valence-corrected chi connectivity index (χ4v) is 1.94. The summed E-state index contributed by atoms with van der Waals surface area (Å²) in [4.78, 5) is 11.7. The summed E-state index contributed by atoms with van der Waals surface area (Å²) in [6.07, 6.45) is 1.55. The number of urea groups is 1. The van der Waals surface area contributed by atoms with Crippen LogP contribution in [0, 0.1) is 5.82 Å². The molecule has 1 aromatic rings. The minimum atomic E-state index is -0.551. The summed E-state index contributed by atoms with van der Waals surface area (Å²) in [5.74, 6) is -0.551. The van der Waals surface area contributed by atoms with E-state index in [-0.39, 0.29) is 11.7 Å². The number of benzene rings is 1. The first-order valence-electron chi connectivity index (χ1n) is 5.75. The van der Waals surface area contributed by atoms with Crippen LogP contribution in [-0.4, -0.2) is 25.3 Å². The monoisotopic (exact) mass is 272 g/mol. The average Bonchev–Trinajstić information content (AvgIpc) is 2.34. The minimum absolute atomic E-state index is 0.0779. The summed E-state index contributed by atoms with van der Waals surface area (Å²) in [6, 6.07) is 3.78. The maximum Gasteiger partial charge on any atom is 0.319 e. The molecule has 2 N–H and O–H groups in total. The fourth-order valence-electron chi connectivity index (χ4n) is 1.78. The molecule has 1 heterocycles. The molecule has 0 unspecified atom stereocenters. The molecule has 0 saturated carbocycles. The molecule has 2 rings (SSSR count). The highest BCUT2D eigenvalue weighted by molar-refractivity contribution is 6.30. The van der Waals surface area contributed by atoms with E-state index in [2.05, 4.69) is 10.6 Å². The second-order valence-corrected chi connectivity index (χ2v) is 4.55. The number of nitrogens with one attached hydrogen (secondary N) is 2. The highest BCUT2D eigenvalue weighted by atomic mass is 35.5. The predicted octanol–water partition coefficient (Wildman–Crippen LogP) is 2.78. The molecule has 2 amide bonds. The van der Waals surface area contributed by atoms with Gasteiger partial charge in [0.2, 0.25) is 0 Å². The van der Waals surface area contributed by atoms with Crippen molar-refractivity contribution in [2.75, 3.05) is 18.5 Å². The van der Waals surface area contributed by atoms with E-state index in [1.807, 2.05) is 0 Å². The maximum atomic E-state index is 13.4. The highest BCUT2D eigenvalue weighted by Crippen LogP contribution is 2.18. The molecule has 1 aliphatic rings. The van der Waals surface area contributed by atoms with Crippen LogP contribution in [0.5, 0.6) is 0 Å². The van der Waals surface area contributed by atoms with Gasteiger partial charge in [0, 0.05) is 24.3 Å². The molecule has 4 nitrogen and oxygen atoms in total. The minimum Gasteiger partial charge on any atom is -0.381 e. The number of rotatable bonds is 2. The van der Waals surface area contributed by atoms with Gasteiger partial charge in [0.15, 0.2) is 0 Å². The van der Waals surface area contributed by atoms with Gasteiger partial charge in [-0.2, -0.15) is 0 Å². The lowest BCUT2D eigenvalue weighted by molar-refractivity contribution is 0.0806. The number of anilines is 1. The van der Waals surface area contributed by atoms with E-state index in [1.54, 1.807) is 0 Å². The van der Waals surface area contributed by atoms with Crippen LogP contribution in [0.15, 0.2) is 18.2 Å². The number of hydrogen-bond acceptors (Lipinski definition) is 2. The summed E-state index contributed by atoms with van der Waals surface area (Å²) in [7, 11) is 0. The molecular weight excluding hydrogens is 259 g/mol. The van der Waals surface area contributed by atoms with E-state index in [1.165, 1.54) is 12.1 Å². The highest BCUT2D eigenvalue weighted by Gasteiger charge is 2.16. The third-order valence-electron chi connectivity index (χ3n) is 2.74. The Labute approximate surface area is 109 Å². The van der Waals surface area contributed by atoms with E-state index in [0.29, 0.717) is 18.2 Å². The number of amides is 2. The van der Waals surface area contributed by atoms with Crippen molar-refractivity contribution in [3.8, 4) is 0 Å². The zero-order valence-electron chi connectivity index (χ0n) is 9.71. The lowest BCUT2D eigenvalue weighted by atomic mass is 10.1. The van der Waals surface area contributed by atoms with Crippen molar-refractivity contribution in [2.24, 2.45) is 0 Å².